The number of benzene rings is 2. The number of hydrogen-bond acceptors (Lipinski definition) is 3. The topological polar surface area (TPSA) is 55.4 Å². The zero-order chi connectivity index (χ0) is 17.7. The Morgan fingerprint density at radius 2 is 1.79 bits per heavy atom. The number of hydrogen-bond donors (Lipinski definition) is 1. The highest BCUT2D eigenvalue weighted by molar-refractivity contribution is 9.10. The van der Waals surface area contributed by atoms with Crippen LogP contribution in [0.25, 0.3) is 0 Å². The van der Waals surface area contributed by atoms with Crippen molar-refractivity contribution in [3.05, 3.63) is 58.6 Å². The molecule has 4 nitrogen and oxygen atoms in total. The van der Waals surface area contributed by atoms with E-state index in [1.807, 2.05) is 30.3 Å². The minimum Gasteiger partial charge on any atom is -0.496 e. The van der Waals surface area contributed by atoms with Gasteiger partial charge in [0, 0.05) is 6.04 Å². The van der Waals surface area contributed by atoms with Crippen molar-refractivity contribution in [1.82, 2.24) is 4.72 Å². The van der Waals surface area contributed by atoms with Gasteiger partial charge in [0.2, 0.25) is 10.0 Å². The number of nitrogens with one attached hydrogen (secondary N) is 1. The molecule has 2 aromatic carbocycles. The molecule has 0 radical (unpaired) electrons. The maximum atomic E-state index is 12.8. The van der Waals surface area contributed by atoms with Gasteiger partial charge in [0.15, 0.2) is 0 Å². The molecule has 0 saturated carbocycles. The summed E-state index contributed by atoms with van der Waals surface area (Å²) in [6, 6.07) is 14.1. The van der Waals surface area contributed by atoms with Crippen molar-refractivity contribution in [3.63, 3.8) is 0 Å². The summed E-state index contributed by atoms with van der Waals surface area (Å²) >= 11 is 3.33. The minimum absolute atomic E-state index is 0.208. The van der Waals surface area contributed by atoms with Crippen molar-refractivity contribution in [3.8, 4) is 5.75 Å². The first-order chi connectivity index (χ1) is 11.3. The van der Waals surface area contributed by atoms with E-state index in [-0.39, 0.29) is 10.9 Å². The largest absolute Gasteiger partial charge is 0.496 e. The van der Waals surface area contributed by atoms with E-state index in [2.05, 4.69) is 34.5 Å². The fourth-order valence-electron chi connectivity index (χ4n) is 2.48. The molecule has 6 heteroatoms. The first-order valence-corrected chi connectivity index (χ1v) is 10.0. The van der Waals surface area contributed by atoms with Crippen LogP contribution in [0, 0.1) is 5.92 Å². The Morgan fingerprint density at radius 1 is 1.12 bits per heavy atom. The van der Waals surface area contributed by atoms with Crippen LogP contribution < -0.4 is 9.46 Å². The van der Waals surface area contributed by atoms with E-state index in [1.54, 1.807) is 25.3 Å². The third-order valence-electron chi connectivity index (χ3n) is 3.64. The molecule has 0 fully saturated rings. The summed E-state index contributed by atoms with van der Waals surface area (Å²) in [6.07, 6.45) is 0.723. The van der Waals surface area contributed by atoms with Gasteiger partial charge in [-0.15, -0.1) is 0 Å². The van der Waals surface area contributed by atoms with E-state index in [0.29, 0.717) is 16.1 Å². The first kappa shape index (κ1) is 19.0. The zero-order valence-electron chi connectivity index (χ0n) is 14.0. The number of sulfonamides is 1. The summed E-state index contributed by atoms with van der Waals surface area (Å²) in [4.78, 5) is 0.208. The fourth-order valence-corrected chi connectivity index (χ4v) is 4.43. The van der Waals surface area contributed by atoms with Crippen LogP contribution in [0.3, 0.4) is 0 Å². The SMILES string of the molecule is COc1ccc(S(=O)(=O)N[C@H](CC(C)C)c2ccccc2)cc1Br. The van der Waals surface area contributed by atoms with E-state index >= 15 is 0 Å². The predicted molar refractivity (Wildman–Crippen MR) is 99.7 cm³/mol. The summed E-state index contributed by atoms with van der Waals surface area (Å²) in [6.45, 7) is 4.16. The average Bonchev–Trinajstić information content (AvgIpc) is 2.54. The van der Waals surface area contributed by atoms with E-state index in [1.165, 1.54) is 0 Å². The molecule has 0 aliphatic rings. The van der Waals surface area contributed by atoms with Gasteiger partial charge in [0.25, 0.3) is 0 Å². The highest BCUT2D eigenvalue weighted by atomic mass is 79.9. The van der Waals surface area contributed by atoms with Crippen molar-refractivity contribution < 1.29 is 13.2 Å². The first-order valence-electron chi connectivity index (χ1n) is 7.74. The normalized spacial score (nSPS) is 13.0. The molecule has 0 heterocycles. The van der Waals surface area contributed by atoms with Gasteiger partial charge in [0.05, 0.1) is 16.5 Å². The molecular formula is C18H22BrNO3S. The van der Waals surface area contributed by atoms with Crippen molar-refractivity contribution >= 4 is 26.0 Å². The van der Waals surface area contributed by atoms with Crippen molar-refractivity contribution in [1.29, 1.82) is 0 Å². The monoisotopic (exact) mass is 411 g/mol. The van der Waals surface area contributed by atoms with E-state index in [9.17, 15) is 8.42 Å². The Balaban J connectivity index is 2.31. The van der Waals surface area contributed by atoms with Gasteiger partial charge >= 0.3 is 0 Å². The average molecular weight is 412 g/mol. The van der Waals surface area contributed by atoms with Crippen LogP contribution in [-0.2, 0) is 10.0 Å². The third kappa shape index (κ3) is 4.82. The lowest BCUT2D eigenvalue weighted by molar-refractivity contribution is 0.411. The Kier molecular flexibility index (Phi) is 6.43. The zero-order valence-corrected chi connectivity index (χ0v) is 16.4. The summed E-state index contributed by atoms with van der Waals surface area (Å²) < 4.78 is 34.1. The molecule has 0 unspecified atom stereocenters. The van der Waals surface area contributed by atoms with Crippen LogP contribution in [0.2, 0.25) is 0 Å². The van der Waals surface area contributed by atoms with Gasteiger partial charge in [-0.05, 0) is 52.0 Å². The van der Waals surface area contributed by atoms with Crippen molar-refractivity contribution in [2.75, 3.05) is 7.11 Å². The molecule has 1 N–H and O–H groups in total. The maximum Gasteiger partial charge on any atom is 0.241 e. The molecule has 0 aromatic heterocycles. The molecule has 24 heavy (non-hydrogen) atoms. The number of rotatable bonds is 7. The highest BCUT2D eigenvalue weighted by Crippen LogP contribution is 2.29. The molecule has 2 rings (SSSR count). The Morgan fingerprint density at radius 3 is 2.33 bits per heavy atom. The van der Waals surface area contributed by atoms with Gasteiger partial charge in [-0.1, -0.05) is 44.2 Å². The molecule has 0 bridgehead atoms. The molecular weight excluding hydrogens is 390 g/mol. The highest BCUT2D eigenvalue weighted by Gasteiger charge is 2.23. The molecule has 2 aromatic rings. The molecule has 0 saturated heterocycles. The third-order valence-corrected chi connectivity index (χ3v) is 5.73. The summed E-state index contributed by atoms with van der Waals surface area (Å²) in [7, 11) is -2.09. The molecule has 130 valence electrons. The molecule has 0 amide bonds. The second-order valence-corrected chi connectivity index (χ2v) is 8.58. The lowest BCUT2D eigenvalue weighted by Gasteiger charge is -2.21. The van der Waals surface area contributed by atoms with Crippen LogP contribution in [0.5, 0.6) is 5.75 Å². The van der Waals surface area contributed by atoms with Gasteiger partial charge in [-0.25, -0.2) is 13.1 Å². The van der Waals surface area contributed by atoms with Crippen LogP contribution >= 0.6 is 15.9 Å². The van der Waals surface area contributed by atoms with Gasteiger partial charge < -0.3 is 4.74 Å². The Bertz CT molecular complexity index is 776. The van der Waals surface area contributed by atoms with Crippen LogP contribution in [0.1, 0.15) is 31.9 Å². The molecule has 1 atom stereocenters. The van der Waals surface area contributed by atoms with E-state index in [4.69, 9.17) is 4.74 Å². The second kappa shape index (κ2) is 8.14. The van der Waals surface area contributed by atoms with Crippen molar-refractivity contribution in [2.45, 2.75) is 31.2 Å². The fraction of sp³-hybridized carbons (Fsp3) is 0.333. The lowest BCUT2D eigenvalue weighted by Crippen LogP contribution is -2.29. The quantitative estimate of drug-likeness (QED) is 0.728. The summed E-state index contributed by atoms with van der Waals surface area (Å²) in [5.41, 5.74) is 0.961. The Labute approximate surface area is 152 Å². The number of halogens is 1. The van der Waals surface area contributed by atoms with Crippen LogP contribution in [0.4, 0.5) is 0 Å². The van der Waals surface area contributed by atoms with Gasteiger partial charge in [-0.2, -0.15) is 0 Å². The predicted octanol–water partition coefficient (Wildman–Crippen LogP) is 4.52. The lowest BCUT2D eigenvalue weighted by atomic mass is 9.98. The molecule has 0 spiro atoms. The smallest absolute Gasteiger partial charge is 0.241 e. The second-order valence-electron chi connectivity index (χ2n) is 6.01. The molecule has 0 aliphatic carbocycles. The van der Waals surface area contributed by atoms with E-state index in [0.717, 1.165) is 12.0 Å². The molecule has 0 aliphatic heterocycles. The van der Waals surface area contributed by atoms with Crippen LogP contribution in [-0.4, -0.2) is 15.5 Å². The van der Waals surface area contributed by atoms with Gasteiger partial charge in [-0.3, -0.25) is 0 Å². The van der Waals surface area contributed by atoms with Gasteiger partial charge in [0.1, 0.15) is 5.75 Å². The number of ether oxygens (including phenoxy) is 1. The Hall–Kier alpha value is -1.37. The summed E-state index contributed by atoms with van der Waals surface area (Å²) in [5.74, 6) is 0.955. The van der Waals surface area contributed by atoms with E-state index < -0.39 is 10.0 Å². The summed E-state index contributed by atoms with van der Waals surface area (Å²) in [5, 5.41) is 0. The standard InChI is InChI=1S/C18H22BrNO3S/c1-13(2)11-17(14-7-5-4-6-8-14)20-24(21,22)15-9-10-18(23-3)16(19)12-15/h4-10,12-13,17,20H,11H2,1-3H3/t17-/m1/s1. The minimum atomic E-state index is -3.64. The van der Waals surface area contributed by atoms with Crippen LogP contribution in [0.15, 0.2) is 57.9 Å². The maximum absolute atomic E-state index is 12.8. The number of methoxy groups -OCH3 is 1. The van der Waals surface area contributed by atoms with Crippen molar-refractivity contribution in [2.24, 2.45) is 5.92 Å².